The lowest BCUT2D eigenvalue weighted by Gasteiger charge is -2.11. The molecule has 0 unspecified atom stereocenters. The lowest BCUT2D eigenvalue weighted by molar-refractivity contribution is 0.242. The lowest BCUT2D eigenvalue weighted by atomic mass is 9.97. The number of fused-ring (bicyclic) bond motifs is 8. The van der Waals surface area contributed by atoms with Crippen molar-refractivity contribution >= 4 is 56.5 Å². The molecule has 43 heavy (non-hydrogen) atoms. The Bertz CT molecular complexity index is 1890. The first kappa shape index (κ1) is 28.5. The van der Waals surface area contributed by atoms with E-state index in [1.54, 1.807) is 23.5 Å². The number of ether oxygens (including phenoxy) is 2. The SMILES string of the molecule is CC(C)Oc1ccc(CSc2nnc3c4c5c(sc4n4c(SCc6ccc(OC(C)C)cc6)nnc4n23)CCCC5)cc1. The van der Waals surface area contributed by atoms with Gasteiger partial charge >= 0.3 is 0 Å². The van der Waals surface area contributed by atoms with Crippen LogP contribution in [0, 0.1) is 0 Å². The van der Waals surface area contributed by atoms with Crippen LogP contribution < -0.4 is 9.47 Å². The van der Waals surface area contributed by atoms with E-state index in [2.05, 4.69) is 38.2 Å². The molecule has 1 aliphatic rings. The van der Waals surface area contributed by atoms with Crippen molar-refractivity contribution in [3.8, 4) is 11.5 Å². The van der Waals surface area contributed by atoms with E-state index in [0.29, 0.717) is 0 Å². The third kappa shape index (κ3) is 5.70. The fourth-order valence-corrected chi connectivity index (χ4v) is 8.71. The number of aryl methyl sites for hydroxylation is 2. The fraction of sp³-hybridized carbons (Fsp3) is 0.375. The molecule has 8 nitrogen and oxygen atoms in total. The van der Waals surface area contributed by atoms with E-state index >= 15 is 0 Å². The van der Waals surface area contributed by atoms with Crippen molar-refractivity contribution < 1.29 is 9.47 Å². The van der Waals surface area contributed by atoms with Gasteiger partial charge in [-0.2, -0.15) is 0 Å². The number of hydrogen-bond acceptors (Lipinski definition) is 9. The minimum absolute atomic E-state index is 0.153. The smallest absolute Gasteiger partial charge is 0.245 e. The number of thiophene rings is 1. The van der Waals surface area contributed by atoms with E-state index in [1.165, 1.54) is 44.6 Å². The van der Waals surface area contributed by atoms with Crippen LogP contribution in [-0.4, -0.2) is 41.4 Å². The summed E-state index contributed by atoms with van der Waals surface area (Å²) in [6, 6.07) is 16.6. The Hall–Kier alpha value is -3.28. The zero-order valence-electron chi connectivity index (χ0n) is 24.7. The Labute approximate surface area is 263 Å². The number of thioether (sulfide) groups is 2. The average molecular weight is 631 g/mol. The first-order valence-corrected chi connectivity index (χ1v) is 17.6. The average Bonchev–Trinajstić information content (AvgIpc) is 3.70. The third-order valence-corrected chi connectivity index (χ3v) is 10.6. The van der Waals surface area contributed by atoms with Crippen molar-refractivity contribution in [2.45, 2.75) is 87.4 Å². The third-order valence-electron chi connectivity index (χ3n) is 7.36. The minimum Gasteiger partial charge on any atom is -0.491 e. The van der Waals surface area contributed by atoms with Crippen LogP contribution in [0.15, 0.2) is 58.8 Å². The van der Waals surface area contributed by atoms with Gasteiger partial charge in [-0.1, -0.05) is 47.8 Å². The van der Waals surface area contributed by atoms with Gasteiger partial charge in [0.15, 0.2) is 16.0 Å². The highest BCUT2D eigenvalue weighted by Crippen LogP contribution is 2.41. The van der Waals surface area contributed by atoms with E-state index in [0.717, 1.165) is 57.6 Å². The molecule has 0 fully saturated rings. The van der Waals surface area contributed by atoms with Crippen molar-refractivity contribution in [2.75, 3.05) is 0 Å². The second kappa shape index (κ2) is 12.0. The molecule has 1 aliphatic carbocycles. The van der Waals surface area contributed by atoms with Crippen molar-refractivity contribution in [3.63, 3.8) is 0 Å². The summed E-state index contributed by atoms with van der Waals surface area (Å²) in [5, 5.41) is 21.8. The van der Waals surface area contributed by atoms with Crippen molar-refractivity contribution in [2.24, 2.45) is 0 Å². The van der Waals surface area contributed by atoms with E-state index in [-0.39, 0.29) is 12.2 Å². The van der Waals surface area contributed by atoms with E-state index in [4.69, 9.17) is 24.8 Å². The highest BCUT2D eigenvalue weighted by Gasteiger charge is 2.26. The van der Waals surface area contributed by atoms with Crippen LogP contribution >= 0.6 is 34.9 Å². The Morgan fingerprint density at radius 1 is 0.721 bits per heavy atom. The maximum atomic E-state index is 5.82. The fourth-order valence-electron chi connectivity index (χ4n) is 5.49. The standard InChI is InChI=1S/C32H34N6O2S3/c1-19(2)39-23-13-9-21(10-14-23)17-41-31-35-33-28-27-25-7-5-6-8-26(25)43-29(27)38-30(37(28)31)34-36-32(38)42-18-22-11-15-24(16-12-22)40-20(3)4/h9-16,19-20H,5-8,17-18H2,1-4H3. The second-order valence-electron chi connectivity index (χ2n) is 11.3. The normalized spacial score (nSPS) is 13.5. The Morgan fingerprint density at radius 2 is 1.28 bits per heavy atom. The highest BCUT2D eigenvalue weighted by atomic mass is 32.2. The van der Waals surface area contributed by atoms with Crippen LogP contribution in [0.4, 0.5) is 0 Å². The van der Waals surface area contributed by atoms with Crippen LogP contribution in [0.25, 0.3) is 21.6 Å². The van der Waals surface area contributed by atoms with Gasteiger partial charge in [0.2, 0.25) is 5.78 Å². The molecule has 11 heteroatoms. The molecular formula is C32H34N6O2S3. The summed E-state index contributed by atoms with van der Waals surface area (Å²) in [5.41, 5.74) is 4.72. The van der Waals surface area contributed by atoms with E-state index in [1.807, 2.05) is 63.3 Å². The quantitative estimate of drug-likeness (QED) is 0.141. The predicted molar refractivity (Wildman–Crippen MR) is 175 cm³/mol. The molecule has 0 atom stereocenters. The summed E-state index contributed by atoms with van der Waals surface area (Å²) in [5.74, 6) is 4.09. The highest BCUT2D eigenvalue weighted by molar-refractivity contribution is 7.98. The minimum atomic E-state index is 0.153. The number of benzene rings is 2. The second-order valence-corrected chi connectivity index (χ2v) is 14.3. The largest absolute Gasteiger partial charge is 0.491 e. The first-order chi connectivity index (χ1) is 20.9. The van der Waals surface area contributed by atoms with Crippen molar-refractivity contribution in [1.82, 2.24) is 29.2 Å². The Morgan fingerprint density at radius 3 is 1.88 bits per heavy atom. The van der Waals surface area contributed by atoms with Gasteiger partial charge in [0.25, 0.3) is 0 Å². The molecule has 0 radical (unpaired) electrons. The lowest BCUT2D eigenvalue weighted by Crippen LogP contribution is -2.05. The van der Waals surface area contributed by atoms with Gasteiger partial charge in [0.05, 0.1) is 17.6 Å². The number of aromatic nitrogens is 6. The van der Waals surface area contributed by atoms with Gasteiger partial charge < -0.3 is 9.47 Å². The molecule has 7 rings (SSSR count). The van der Waals surface area contributed by atoms with Gasteiger partial charge in [-0.25, -0.2) is 8.80 Å². The van der Waals surface area contributed by atoms with Crippen LogP contribution in [0.5, 0.6) is 11.5 Å². The summed E-state index contributed by atoms with van der Waals surface area (Å²) in [6.45, 7) is 8.16. The Kier molecular flexibility index (Phi) is 7.96. The summed E-state index contributed by atoms with van der Waals surface area (Å²) in [7, 11) is 0. The molecule has 0 bridgehead atoms. The molecule has 6 aromatic rings. The van der Waals surface area contributed by atoms with Crippen LogP contribution in [-0.2, 0) is 24.3 Å². The number of nitrogens with zero attached hydrogens (tertiary/aromatic N) is 6. The Balaban J connectivity index is 1.24. The van der Waals surface area contributed by atoms with Crippen LogP contribution in [0.3, 0.4) is 0 Å². The number of hydrogen-bond donors (Lipinski definition) is 0. The number of rotatable bonds is 10. The maximum Gasteiger partial charge on any atom is 0.245 e. The van der Waals surface area contributed by atoms with Gasteiger partial charge in [0, 0.05) is 16.4 Å². The summed E-state index contributed by atoms with van der Waals surface area (Å²) in [6.07, 6.45) is 4.93. The maximum absolute atomic E-state index is 5.82. The van der Waals surface area contributed by atoms with Crippen LogP contribution in [0.2, 0.25) is 0 Å². The van der Waals surface area contributed by atoms with Crippen molar-refractivity contribution in [1.29, 1.82) is 0 Å². The van der Waals surface area contributed by atoms with E-state index < -0.39 is 0 Å². The van der Waals surface area contributed by atoms with Gasteiger partial charge in [-0.15, -0.1) is 31.7 Å². The molecule has 4 heterocycles. The molecule has 2 aromatic carbocycles. The molecule has 0 aliphatic heterocycles. The molecule has 0 saturated heterocycles. The van der Waals surface area contributed by atoms with Gasteiger partial charge in [-0.05, 0) is 94.3 Å². The predicted octanol–water partition coefficient (Wildman–Crippen LogP) is 8.02. The molecule has 0 N–H and O–H groups in total. The van der Waals surface area contributed by atoms with Crippen LogP contribution in [0.1, 0.15) is 62.1 Å². The van der Waals surface area contributed by atoms with E-state index in [9.17, 15) is 0 Å². The van der Waals surface area contributed by atoms with Gasteiger partial charge in [-0.3, -0.25) is 0 Å². The topological polar surface area (TPSA) is 78.8 Å². The zero-order valence-corrected chi connectivity index (χ0v) is 27.2. The molecule has 0 spiro atoms. The zero-order chi connectivity index (χ0) is 29.5. The molecule has 0 saturated carbocycles. The first-order valence-electron chi connectivity index (χ1n) is 14.8. The summed E-state index contributed by atoms with van der Waals surface area (Å²) >= 11 is 5.25. The van der Waals surface area contributed by atoms with Crippen molar-refractivity contribution in [3.05, 3.63) is 70.1 Å². The summed E-state index contributed by atoms with van der Waals surface area (Å²) < 4.78 is 16.0. The monoisotopic (exact) mass is 630 g/mol. The molecular weight excluding hydrogens is 597 g/mol. The molecule has 4 aromatic heterocycles. The molecule has 222 valence electrons. The summed E-state index contributed by atoms with van der Waals surface area (Å²) in [4.78, 5) is 2.63. The van der Waals surface area contributed by atoms with Gasteiger partial charge in [0.1, 0.15) is 16.3 Å². The molecule has 0 amide bonds.